The van der Waals surface area contributed by atoms with E-state index in [1.807, 2.05) is 19.1 Å². The van der Waals surface area contributed by atoms with Gasteiger partial charge in [-0.15, -0.1) is 0 Å². The van der Waals surface area contributed by atoms with Gasteiger partial charge < -0.3 is 4.74 Å². The highest BCUT2D eigenvalue weighted by molar-refractivity contribution is 9.11. The maximum absolute atomic E-state index is 5.19. The fourth-order valence-corrected chi connectivity index (χ4v) is 2.40. The number of rotatable bonds is 2. The lowest BCUT2D eigenvalue weighted by Gasteiger charge is -2.00. The highest BCUT2D eigenvalue weighted by Crippen LogP contribution is 2.15. The Labute approximate surface area is 131 Å². The quantitative estimate of drug-likeness (QED) is 0.672. The van der Waals surface area contributed by atoms with Crippen molar-refractivity contribution < 1.29 is 4.74 Å². The molecule has 0 radical (unpaired) electrons. The van der Waals surface area contributed by atoms with Gasteiger partial charge in [0.25, 0.3) is 0 Å². The van der Waals surface area contributed by atoms with Crippen molar-refractivity contribution in [1.82, 2.24) is 9.97 Å². The predicted molar refractivity (Wildman–Crippen MR) is 82.7 cm³/mol. The number of pyridine rings is 2. The predicted octanol–water partition coefficient (Wildman–Crippen LogP) is 4.85. The fourth-order valence-electron chi connectivity index (χ4n) is 1.02. The first-order valence-electron chi connectivity index (χ1n) is 5.11. The Bertz CT molecular complexity index is 477. The number of nitrogens with zero attached hydrogens (tertiary/aromatic N) is 2. The van der Waals surface area contributed by atoms with Gasteiger partial charge >= 0.3 is 0 Å². The zero-order valence-electron chi connectivity index (χ0n) is 9.61. The molecule has 0 unspecified atom stereocenters. The van der Waals surface area contributed by atoms with E-state index in [1.54, 1.807) is 24.8 Å². The second kappa shape index (κ2) is 8.61. The van der Waals surface area contributed by atoms with Gasteiger partial charge in [0.1, 0.15) is 5.75 Å². The summed E-state index contributed by atoms with van der Waals surface area (Å²) in [6.07, 6.45) is 6.90. The second-order valence-corrected chi connectivity index (χ2v) is 5.84. The van der Waals surface area contributed by atoms with Crippen LogP contribution in [0.1, 0.15) is 6.92 Å². The molecule has 18 heavy (non-hydrogen) atoms. The minimum atomic E-state index is 0.679. The van der Waals surface area contributed by atoms with Crippen molar-refractivity contribution in [2.75, 3.05) is 6.61 Å². The molecule has 0 bridgehead atoms. The first-order valence-corrected chi connectivity index (χ1v) is 7.49. The summed E-state index contributed by atoms with van der Waals surface area (Å²) in [7, 11) is 0. The van der Waals surface area contributed by atoms with Crippen molar-refractivity contribution in [2.45, 2.75) is 6.92 Å². The third kappa shape index (κ3) is 6.47. The van der Waals surface area contributed by atoms with Crippen LogP contribution in [0.5, 0.6) is 5.75 Å². The molecule has 2 heterocycles. The minimum Gasteiger partial charge on any atom is -0.492 e. The lowest BCUT2D eigenvalue weighted by atomic mass is 10.5. The third-order valence-corrected chi connectivity index (χ3v) is 2.96. The van der Waals surface area contributed by atoms with Gasteiger partial charge in [0.05, 0.1) is 12.8 Å². The van der Waals surface area contributed by atoms with E-state index in [0.29, 0.717) is 6.61 Å². The van der Waals surface area contributed by atoms with Gasteiger partial charge in [0, 0.05) is 32.0 Å². The average molecular weight is 439 g/mol. The normalized spacial score (nSPS) is 9.33. The molecule has 0 saturated carbocycles. The highest BCUT2D eigenvalue weighted by Gasteiger charge is 1.91. The van der Waals surface area contributed by atoms with Crippen molar-refractivity contribution in [1.29, 1.82) is 0 Å². The van der Waals surface area contributed by atoms with Gasteiger partial charge in [-0.05, 0) is 66.8 Å². The molecule has 0 fully saturated rings. The maximum atomic E-state index is 5.19. The number of hydrogen-bond donors (Lipinski definition) is 0. The van der Waals surface area contributed by atoms with Crippen molar-refractivity contribution in [3.63, 3.8) is 0 Å². The molecule has 0 aliphatic rings. The molecular weight excluding hydrogens is 428 g/mol. The van der Waals surface area contributed by atoms with Crippen LogP contribution < -0.4 is 4.74 Å². The standard InChI is InChI=1S/C7H8BrNO.C5H3Br2N/c1-2-10-7-3-6(8)4-9-5-7;6-4-1-5(7)3-8-2-4/h3-5H,2H2,1H3;1-3H. The van der Waals surface area contributed by atoms with E-state index in [-0.39, 0.29) is 0 Å². The Morgan fingerprint density at radius 1 is 0.889 bits per heavy atom. The molecule has 3 nitrogen and oxygen atoms in total. The molecule has 2 rings (SSSR count). The Morgan fingerprint density at radius 3 is 1.78 bits per heavy atom. The van der Waals surface area contributed by atoms with Gasteiger partial charge in [-0.3, -0.25) is 9.97 Å². The first kappa shape index (κ1) is 15.6. The lowest BCUT2D eigenvalue weighted by Crippen LogP contribution is -1.91. The Kier molecular flexibility index (Phi) is 7.46. The van der Waals surface area contributed by atoms with Crippen LogP contribution in [0, 0.1) is 0 Å². The lowest BCUT2D eigenvalue weighted by molar-refractivity contribution is 0.338. The third-order valence-electron chi connectivity index (χ3n) is 1.66. The van der Waals surface area contributed by atoms with E-state index >= 15 is 0 Å². The monoisotopic (exact) mass is 436 g/mol. The molecule has 0 N–H and O–H groups in total. The van der Waals surface area contributed by atoms with Crippen LogP contribution >= 0.6 is 47.8 Å². The van der Waals surface area contributed by atoms with Crippen molar-refractivity contribution in [3.05, 3.63) is 50.3 Å². The Morgan fingerprint density at radius 2 is 1.39 bits per heavy atom. The average Bonchev–Trinajstić information content (AvgIpc) is 2.30. The van der Waals surface area contributed by atoms with Crippen LogP contribution in [0.3, 0.4) is 0 Å². The van der Waals surface area contributed by atoms with E-state index in [2.05, 4.69) is 57.8 Å². The molecule has 0 atom stereocenters. The van der Waals surface area contributed by atoms with Gasteiger partial charge in [-0.1, -0.05) is 0 Å². The summed E-state index contributed by atoms with van der Waals surface area (Å²) in [6, 6.07) is 3.82. The van der Waals surface area contributed by atoms with Crippen molar-refractivity contribution in [3.8, 4) is 5.75 Å². The summed E-state index contributed by atoms with van der Waals surface area (Å²) < 4.78 is 8.12. The van der Waals surface area contributed by atoms with E-state index in [4.69, 9.17) is 4.74 Å². The van der Waals surface area contributed by atoms with Crippen LogP contribution in [0.25, 0.3) is 0 Å². The highest BCUT2D eigenvalue weighted by atomic mass is 79.9. The largest absolute Gasteiger partial charge is 0.492 e. The van der Waals surface area contributed by atoms with E-state index in [0.717, 1.165) is 19.2 Å². The molecule has 0 aliphatic heterocycles. The van der Waals surface area contributed by atoms with Crippen molar-refractivity contribution in [2.24, 2.45) is 0 Å². The van der Waals surface area contributed by atoms with E-state index in [1.165, 1.54) is 0 Å². The summed E-state index contributed by atoms with van der Waals surface area (Å²) in [5.74, 6) is 0.803. The Balaban J connectivity index is 0.000000184. The van der Waals surface area contributed by atoms with Gasteiger partial charge in [-0.25, -0.2) is 0 Å². The summed E-state index contributed by atoms with van der Waals surface area (Å²) in [5.41, 5.74) is 0. The number of hydrogen-bond acceptors (Lipinski definition) is 3. The molecule has 2 aromatic heterocycles. The van der Waals surface area contributed by atoms with Crippen LogP contribution in [0.2, 0.25) is 0 Å². The zero-order valence-corrected chi connectivity index (χ0v) is 14.4. The molecule has 6 heteroatoms. The molecule has 0 aromatic carbocycles. The van der Waals surface area contributed by atoms with E-state index < -0.39 is 0 Å². The first-order chi connectivity index (χ1) is 8.61. The van der Waals surface area contributed by atoms with Crippen LogP contribution in [0.4, 0.5) is 0 Å². The summed E-state index contributed by atoms with van der Waals surface area (Å²) in [4.78, 5) is 7.82. The van der Waals surface area contributed by atoms with Crippen molar-refractivity contribution >= 4 is 47.8 Å². The molecule has 2 aromatic rings. The van der Waals surface area contributed by atoms with Gasteiger partial charge in [0.15, 0.2) is 0 Å². The maximum Gasteiger partial charge on any atom is 0.138 e. The second-order valence-electron chi connectivity index (χ2n) is 3.09. The van der Waals surface area contributed by atoms with Crippen LogP contribution in [-0.2, 0) is 0 Å². The van der Waals surface area contributed by atoms with Crippen LogP contribution in [-0.4, -0.2) is 16.6 Å². The zero-order chi connectivity index (χ0) is 13.4. The molecular formula is C12H11Br3N2O. The molecule has 0 aliphatic carbocycles. The molecule has 96 valence electrons. The fraction of sp³-hybridized carbons (Fsp3) is 0.167. The Hall–Kier alpha value is -0.460. The van der Waals surface area contributed by atoms with Gasteiger partial charge in [-0.2, -0.15) is 0 Å². The number of ether oxygens (including phenoxy) is 1. The van der Waals surface area contributed by atoms with E-state index in [9.17, 15) is 0 Å². The summed E-state index contributed by atoms with van der Waals surface area (Å²) in [6.45, 7) is 2.62. The summed E-state index contributed by atoms with van der Waals surface area (Å²) in [5, 5.41) is 0. The summed E-state index contributed by atoms with van der Waals surface area (Å²) >= 11 is 9.83. The molecule has 0 amide bonds. The smallest absolute Gasteiger partial charge is 0.138 e. The molecule has 0 spiro atoms. The topological polar surface area (TPSA) is 35.0 Å². The van der Waals surface area contributed by atoms with Gasteiger partial charge in [0.2, 0.25) is 0 Å². The number of aromatic nitrogens is 2. The SMILES string of the molecule is Brc1cncc(Br)c1.CCOc1cncc(Br)c1. The molecule has 0 saturated heterocycles. The minimum absolute atomic E-state index is 0.679. The number of halogens is 3. The van der Waals surface area contributed by atoms with Crippen LogP contribution in [0.15, 0.2) is 50.3 Å².